The average Bonchev–Trinajstić information content (AvgIpc) is 2.59. The quantitative estimate of drug-likeness (QED) is 0.762. The number of aryl methyl sites for hydroxylation is 1. The van der Waals surface area contributed by atoms with Gasteiger partial charge < -0.3 is 14.8 Å². The summed E-state index contributed by atoms with van der Waals surface area (Å²) in [5, 5.41) is 12.6. The molecule has 2 aromatic heterocycles. The predicted octanol–water partition coefficient (Wildman–Crippen LogP) is 3.84. The lowest BCUT2D eigenvalue weighted by Crippen LogP contribution is -2.11. The van der Waals surface area contributed by atoms with Crippen molar-refractivity contribution in [2.45, 2.75) is 26.8 Å². The minimum absolute atomic E-state index is 0.331. The summed E-state index contributed by atoms with van der Waals surface area (Å²) in [6.07, 6.45) is 1.76. The number of fused-ring (bicyclic) bond motifs is 1. The fourth-order valence-electron chi connectivity index (χ4n) is 2.82. The highest BCUT2D eigenvalue weighted by molar-refractivity contribution is 5.96. The number of ether oxygens (including phenoxy) is 2. The molecule has 0 saturated carbocycles. The van der Waals surface area contributed by atoms with Crippen molar-refractivity contribution in [2.24, 2.45) is 0 Å². The van der Waals surface area contributed by atoms with E-state index in [4.69, 9.17) is 9.47 Å². The zero-order chi connectivity index (χ0) is 18.0. The molecule has 2 heterocycles. The first-order valence-electron chi connectivity index (χ1n) is 8.15. The molecule has 0 saturated heterocycles. The summed E-state index contributed by atoms with van der Waals surface area (Å²) in [5.41, 5.74) is 3.65. The number of nitrogens with one attached hydrogen (secondary N) is 1. The van der Waals surface area contributed by atoms with E-state index in [1.807, 2.05) is 25.1 Å². The third-order valence-electron chi connectivity index (χ3n) is 3.96. The lowest BCUT2D eigenvalue weighted by Gasteiger charge is -2.14. The van der Waals surface area contributed by atoms with Gasteiger partial charge in [-0.15, -0.1) is 0 Å². The van der Waals surface area contributed by atoms with Crippen LogP contribution >= 0.6 is 0 Å². The Kier molecular flexibility index (Phi) is 4.70. The normalized spacial score (nSPS) is 11.0. The summed E-state index contributed by atoms with van der Waals surface area (Å²) in [5.74, 6) is 2.16. The van der Waals surface area contributed by atoms with Crippen molar-refractivity contribution >= 4 is 16.7 Å². The molecule has 0 amide bonds. The van der Waals surface area contributed by atoms with E-state index in [-0.39, 0.29) is 0 Å². The van der Waals surface area contributed by atoms with E-state index in [1.165, 1.54) is 0 Å². The fourth-order valence-corrected chi connectivity index (χ4v) is 2.82. The number of nitrogens with zero attached hydrogens (tertiary/aromatic N) is 3. The van der Waals surface area contributed by atoms with Crippen LogP contribution in [0.2, 0.25) is 0 Å². The molecule has 0 spiro atoms. The Hall–Kier alpha value is -2.89. The van der Waals surface area contributed by atoms with Crippen molar-refractivity contribution < 1.29 is 9.47 Å². The Balaban J connectivity index is 2.15. The number of aromatic nitrogens is 3. The second-order valence-corrected chi connectivity index (χ2v) is 6.11. The van der Waals surface area contributed by atoms with Crippen LogP contribution in [0.5, 0.6) is 11.5 Å². The van der Waals surface area contributed by atoms with E-state index >= 15 is 0 Å². The number of anilines is 1. The molecule has 130 valence electrons. The summed E-state index contributed by atoms with van der Waals surface area (Å²) >= 11 is 0. The SMILES string of the molecule is COc1cc2nncc(-c3ccc(NC(C)C)nc3C)c2cc1OC. The van der Waals surface area contributed by atoms with Gasteiger partial charge in [0, 0.05) is 34.3 Å². The molecule has 6 heteroatoms. The van der Waals surface area contributed by atoms with Gasteiger partial charge in [-0.1, -0.05) is 0 Å². The lowest BCUT2D eigenvalue weighted by molar-refractivity contribution is 0.356. The van der Waals surface area contributed by atoms with E-state index in [2.05, 4.69) is 40.4 Å². The van der Waals surface area contributed by atoms with E-state index in [9.17, 15) is 0 Å². The summed E-state index contributed by atoms with van der Waals surface area (Å²) in [4.78, 5) is 4.66. The summed E-state index contributed by atoms with van der Waals surface area (Å²) in [6, 6.07) is 8.13. The van der Waals surface area contributed by atoms with E-state index in [0.29, 0.717) is 17.5 Å². The van der Waals surface area contributed by atoms with E-state index in [0.717, 1.165) is 33.5 Å². The van der Waals surface area contributed by atoms with Crippen LogP contribution in [0.25, 0.3) is 22.0 Å². The van der Waals surface area contributed by atoms with Gasteiger partial charge in [-0.25, -0.2) is 4.98 Å². The molecule has 25 heavy (non-hydrogen) atoms. The molecule has 0 radical (unpaired) electrons. The van der Waals surface area contributed by atoms with Crippen LogP contribution < -0.4 is 14.8 Å². The standard InChI is InChI=1S/C19H22N4O2/c1-11(2)21-19-7-6-13(12(3)22-19)15-10-20-23-16-9-18(25-5)17(24-4)8-14(15)16/h6-11H,1-5H3,(H,21,22). The third-order valence-corrected chi connectivity index (χ3v) is 3.96. The summed E-state index contributed by atoms with van der Waals surface area (Å²) in [7, 11) is 3.23. The van der Waals surface area contributed by atoms with Crippen molar-refractivity contribution in [1.29, 1.82) is 0 Å². The van der Waals surface area contributed by atoms with Gasteiger partial charge in [0.25, 0.3) is 0 Å². The molecule has 0 bridgehead atoms. The highest BCUT2D eigenvalue weighted by Gasteiger charge is 2.14. The van der Waals surface area contributed by atoms with Crippen molar-refractivity contribution in [3.05, 3.63) is 36.2 Å². The zero-order valence-electron chi connectivity index (χ0n) is 15.1. The molecular formula is C19H22N4O2. The number of hydrogen-bond acceptors (Lipinski definition) is 6. The van der Waals surface area contributed by atoms with Crippen molar-refractivity contribution in [2.75, 3.05) is 19.5 Å². The topological polar surface area (TPSA) is 69.2 Å². The molecular weight excluding hydrogens is 316 g/mol. The molecule has 3 rings (SSSR count). The number of hydrogen-bond donors (Lipinski definition) is 1. The minimum atomic E-state index is 0.331. The number of benzene rings is 1. The summed E-state index contributed by atoms with van der Waals surface area (Å²) < 4.78 is 10.8. The van der Waals surface area contributed by atoms with E-state index in [1.54, 1.807) is 20.4 Å². The molecule has 1 N–H and O–H groups in total. The maximum atomic E-state index is 5.43. The molecule has 1 aromatic carbocycles. The van der Waals surface area contributed by atoms with E-state index < -0.39 is 0 Å². The highest BCUT2D eigenvalue weighted by atomic mass is 16.5. The molecule has 6 nitrogen and oxygen atoms in total. The van der Waals surface area contributed by atoms with Crippen molar-refractivity contribution in [1.82, 2.24) is 15.2 Å². The van der Waals surface area contributed by atoms with Crippen LogP contribution in [-0.2, 0) is 0 Å². The Morgan fingerprint density at radius 2 is 1.72 bits per heavy atom. The molecule has 0 aliphatic carbocycles. The van der Waals surface area contributed by atoms with Crippen LogP contribution in [0.4, 0.5) is 5.82 Å². The molecule has 3 aromatic rings. The average molecular weight is 338 g/mol. The van der Waals surface area contributed by atoms with Gasteiger partial charge in [-0.05, 0) is 39.0 Å². The predicted molar refractivity (Wildman–Crippen MR) is 99.4 cm³/mol. The smallest absolute Gasteiger partial charge is 0.162 e. The molecule has 0 fully saturated rings. The minimum Gasteiger partial charge on any atom is -0.493 e. The van der Waals surface area contributed by atoms with Gasteiger partial charge >= 0.3 is 0 Å². The number of rotatable bonds is 5. The van der Waals surface area contributed by atoms with Gasteiger partial charge in [0.2, 0.25) is 0 Å². The Bertz CT molecular complexity index is 909. The van der Waals surface area contributed by atoms with Gasteiger partial charge in [0.1, 0.15) is 5.82 Å². The highest BCUT2D eigenvalue weighted by Crippen LogP contribution is 2.36. The first kappa shape index (κ1) is 17.0. The van der Waals surface area contributed by atoms with Gasteiger partial charge in [-0.3, -0.25) is 0 Å². The van der Waals surface area contributed by atoms with Crippen LogP contribution in [0.15, 0.2) is 30.5 Å². The maximum Gasteiger partial charge on any atom is 0.162 e. The summed E-state index contributed by atoms with van der Waals surface area (Å²) in [6.45, 7) is 6.17. The van der Waals surface area contributed by atoms with Crippen LogP contribution in [-0.4, -0.2) is 35.4 Å². The van der Waals surface area contributed by atoms with Crippen molar-refractivity contribution in [3.63, 3.8) is 0 Å². The second kappa shape index (κ2) is 6.93. The Morgan fingerprint density at radius 1 is 1.00 bits per heavy atom. The molecule has 0 aliphatic rings. The van der Waals surface area contributed by atoms with Gasteiger partial charge in [0.05, 0.1) is 25.9 Å². The van der Waals surface area contributed by atoms with Crippen LogP contribution in [0.1, 0.15) is 19.5 Å². The monoisotopic (exact) mass is 338 g/mol. The Morgan fingerprint density at radius 3 is 2.36 bits per heavy atom. The first-order chi connectivity index (χ1) is 12.0. The fraction of sp³-hybridized carbons (Fsp3) is 0.316. The number of methoxy groups -OCH3 is 2. The molecule has 0 aliphatic heterocycles. The maximum absolute atomic E-state index is 5.43. The van der Waals surface area contributed by atoms with Crippen LogP contribution in [0, 0.1) is 6.92 Å². The lowest BCUT2D eigenvalue weighted by atomic mass is 10.0. The Labute approximate surface area is 147 Å². The van der Waals surface area contributed by atoms with Gasteiger partial charge in [-0.2, -0.15) is 10.2 Å². The van der Waals surface area contributed by atoms with Gasteiger partial charge in [0.15, 0.2) is 11.5 Å². The molecule has 0 unspecified atom stereocenters. The molecule has 0 atom stereocenters. The number of pyridine rings is 1. The third kappa shape index (κ3) is 3.33. The first-order valence-corrected chi connectivity index (χ1v) is 8.15. The van der Waals surface area contributed by atoms with Crippen LogP contribution in [0.3, 0.4) is 0 Å². The second-order valence-electron chi connectivity index (χ2n) is 6.11. The van der Waals surface area contributed by atoms with Crippen molar-refractivity contribution in [3.8, 4) is 22.6 Å². The largest absolute Gasteiger partial charge is 0.493 e. The zero-order valence-corrected chi connectivity index (χ0v) is 15.1.